The Morgan fingerprint density at radius 1 is 1.03 bits per heavy atom. The van der Waals surface area contributed by atoms with Crippen molar-refractivity contribution in [3.63, 3.8) is 0 Å². The molecule has 0 aliphatic rings. The monoisotopic (exact) mass is 468 g/mol. The van der Waals surface area contributed by atoms with Gasteiger partial charge in [0.2, 0.25) is 5.91 Å². The maximum Gasteiger partial charge on any atom is 0.418 e. The van der Waals surface area contributed by atoms with Gasteiger partial charge in [-0.15, -0.1) is 11.8 Å². The summed E-state index contributed by atoms with van der Waals surface area (Å²) in [4.78, 5) is 24.1. The lowest BCUT2D eigenvalue weighted by molar-refractivity contribution is -0.136. The molecular formula is C21H16ClF3N2O3S. The molecule has 0 saturated heterocycles. The summed E-state index contributed by atoms with van der Waals surface area (Å²) >= 11 is 7.15. The molecule has 2 aromatic carbocycles. The predicted octanol–water partition coefficient (Wildman–Crippen LogP) is 6.08. The van der Waals surface area contributed by atoms with Crippen LogP contribution in [0, 0.1) is 0 Å². The topological polar surface area (TPSA) is 71.3 Å². The van der Waals surface area contributed by atoms with E-state index in [4.69, 9.17) is 16.0 Å². The molecule has 3 rings (SSSR count). The Morgan fingerprint density at radius 3 is 2.52 bits per heavy atom. The van der Waals surface area contributed by atoms with Crippen LogP contribution in [0.15, 0.2) is 65.3 Å². The number of carbonyl (C=O) groups excluding carboxylic acids is 2. The number of halogens is 4. The van der Waals surface area contributed by atoms with Crippen molar-refractivity contribution in [2.45, 2.75) is 11.9 Å². The SMILES string of the molecule is O=C(CSCc1cccc(Cl)c1)Nc1ccc(NC(=O)c2ccco2)cc1C(F)(F)F. The Labute approximate surface area is 185 Å². The number of benzene rings is 2. The first-order chi connectivity index (χ1) is 14.7. The quantitative estimate of drug-likeness (QED) is 0.441. The molecule has 0 atom stereocenters. The Balaban J connectivity index is 1.65. The summed E-state index contributed by atoms with van der Waals surface area (Å²) in [5, 5.41) is 5.19. The second-order valence-electron chi connectivity index (χ2n) is 6.36. The fourth-order valence-electron chi connectivity index (χ4n) is 2.64. The predicted molar refractivity (Wildman–Crippen MR) is 114 cm³/mol. The number of amides is 2. The molecule has 0 aliphatic carbocycles. The molecule has 0 bridgehead atoms. The van der Waals surface area contributed by atoms with Crippen LogP contribution in [0.1, 0.15) is 21.7 Å². The van der Waals surface area contributed by atoms with Crippen LogP contribution in [-0.4, -0.2) is 17.6 Å². The lowest BCUT2D eigenvalue weighted by Crippen LogP contribution is -2.19. The number of thioether (sulfide) groups is 1. The number of carbonyl (C=O) groups is 2. The van der Waals surface area contributed by atoms with Gasteiger partial charge in [-0.1, -0.05) is 23.7 Å². The van der Waals surface area contributed by atoms with Crippen molar-refractivity contribution in [2.24, 2.45) is 0 Å². The number of furan rings is 1. The van der Waals surface area contributed by atoms with Gasteiger partial charge < -0.3 is 15.1 Å². The number of nitrogens with one attached hydrogen (secondary N) is 2. The third-order valence-corrected chi connectivity index (χ3v) is 5.23. The fraction of sp³-hybridized carbons (Fsp3) is 0.143. The fourth-order valence-corrected chi connectivity index (χ4v) is 3.63. The van der Waals surface area contributed by atoms with Crippen molar-refractivity contribution in [2.75, 3.05) is 16.4 Å². The second-order valence-corrected chi connectivity index (χ2v) is 7.78. The first-order valence-electron chi connectivity index (χ1n) is 8.90. The number of rotatable bonds is 7. The second kappa shape index (κ2) is 9.93. The van der Waals surface area contributed by atoms with Crippen LogP contribution in [0.2, 0.25) is 5.02 Å². The molecule has 0 saturated carbocycles. The minimum absolute atomic E-state index is 0.0392. The van der Waals surface area contributed by atoms with Crippen LogP contribution < -0.4 is 10.6 Å². The maximum atomic E-state index is 13.5. The molecule has 162 valence electrons. The lowest BCUT2D eigenvalue weighted by atomic mass is 10.1. The van der Waals surface area contributed by atoms with Gasteiger partial charge in [0.15, 0.2) is 5.76 Å². The van der Waals surface area contributed by atoms with E-state index in [1.165, 1.54) is 36.2 Å². The van der Waals surface area contributed by atoms with Gasteiger partial charge in [-0.05, 0) is 48.0 Å². The van der Waals surface area contributed by atoms with Gasteiger partial charge in [0.1, 0.15) is 0 Å². The minimum Gasteiger partial charge on any atom is -0.459 e. The highest BCUT2D eigenvalue weighted by molar-refractivity contribution is 7.99. The Morgan fingerprint density at radius 2 is 1.84 bits per heavy atom. The van der Waals surface area contributed by atoms with E-state index in [-0.39, 0.29) is 17.2 Å². The van der Waals surface area contributed by atoms with E-state index in [0.29, 0.717) is 10.8 Å². The van der Waals surface area contributed by atoms with Crippen LogP contribution in [0.5, 0.6) is 0 Å². The van der Waals surface area contributed by atoms with Gasteiger partial charge in [0.25, 0.3) is 5.91 Å². The molecule has 0 spiro atoms. The first-order valence-corrected chi connectivity index (χ1v) is 10.4. The molecule has 31 heavy (non-hydrogen) atoms. The van der Waals surface area contributed by atoms with Crippen LogP contribution in [0.4, 0.5) is 24.5 Å². The van der Waals surface area contributed by atoms with Gasteiger partial charge in [0.05, 0.1) is 23.3 Å². The number of alkyl halides is 3. The Hall–Kier alpha value is -2.91. The zero-order chi connectivity index (χ0) is 22.4. The number of hydrogen-bond donors (Lipinski definition) is 2. The third-order valence-electron chi connectivity index (χ3n) is 3.99. The van der Waals surface area contributed by atoms with Gasteiger partial charge in [-0.3, -0.25) is 9.59 Å². The van der Waals surface area contributed by atoms with E-state index < -0.39 is 29.2 Å². The smallest absolute Gasteiger partial charge is 0.418 e. The van der Waals surface area contributed by atoms with E-state index in [1.807, 2.05) is 6.07 Å². The summed E-state index contributed by atoms with van der Waals surface area (Å²) in [5.74, 6) is -0.863. The molecule has 0 aliphatic heterocycles. The molecule has 0 fully saturated rings. The van der Waals surface area contributed by atoms with Gasteiger partial charge >= 0.3 is 6.18 Å². The first kappa shape index (κ1) is 22.8. The number of hydrogen-bond acceptors (Lipinski definition) is 4. The zero-order valence-electron chi connectivity index (χ0n) is 15.8. The van der Waals surface area contributed by atoms with Crippen molar-refractivity contribution in [3.05, 3.63) is 82.8 Å². The molecule has 0 radical (unpaired) electrons. The Bertz CT molecular complexity index is 1070. The molecular weight excluding hydrogens is 453 g/mol. The van der Waals surface area contributed by atoms with Crippen molar-refractivity contribution >= 4 is 46.6 Å². The molecule has 1 heterocycles. The molecule has 2 amide bonds. The third kappa shape index (κ3) is 6.53. The maximum absolute atomic E-state index is 13.5. The van der Waals surface area contributed by atoms with Crippen LogP contribution >= 0.6 is 23.4 Å². The minimum atomic E-state index is -4.73. The van der Waals surface area contributed by atoms with E-state index in [2.05, 4.69) is 10.6 Å². The van der Waals surface area contributed by atoms with E-state index in [1.54, 1.807) is 18.2 Å². The van der Waals surface area contributed by atoms with Gasteiger partial charge in [0, 0.05) is 16.5 Å². The summed E-state index contributed by atoms with van der Waals surface area (Å²) in [6.45, 7) is 0. The van der Waals surface area contributed by atoms with Crippen LogP contribution in [-0.2, 0) is 16.7 Å². The standard InChI is InChI=1S/C21H16ClF3N2O3S/c22-14-4-1-3-13(9-14)11-31-12-19(28)27-17-7-6-15(10-16(17)21(23,24)25)26-20(29)18-5-2-8-30-18/h1-10H,11-12H2,(H,26,29)(H,27,28). The van der Waals surface area contributed by atoms with Crippen molar-refractivity contribution in [1.29, 1.82) is 0 Å². The van der Waals surface area contributed by atoms with E-state index >= 15 is 0 Å². The molecule has 2 N–H and O–H groups in total. The highest BCUT2D eigenvalue weighted by atomic mass is 35.5. The lowest BCUT2D eigenvalue weighted by Gasteiger charge is -2.15. The zero-order valence-corrected chi connectivity index (χ0v) is 17.4. The van der Waals surface area contributed by atoms with Crippen molar-refractivity contribution in [1.82, 2.24) is 0 Å². The van der Waals surface area contributed by atoms with Crippen LogP contribution in [0.25, 0.3) is 0 Å². The molecule has 0 unspecified atom stereocenters. The van der Waals surface area contributed by atoms with E-state index in [9.17, 15) is 22.8 Å². The Kier molecular flexibility index (Phi) is 7.29. The molecule has 10 heteroatoms. The highest BCUT2D eigenvalue weighted by Gasteiger charge is 2.34. The van der Waals surface area contributed by atoms with Crippen molar-refractivity contribution in [3.8, 4) is 0 Å². The normalized spacial score (nSPS) is 11.2. The average molecular weight is 469 g/mol. The molecule has 3 aromatic rings. The highest BCUT2D eigenvalue weighted by Crippen LogP contribution is 2.36. The van der Waals surface area contributed by atoms with Crippen molar-refractivity contribution < 1.29 is 27.2 Å². The summed E-state index contributed by atoms with van der Waals surface area (Å²) in [7, 11) is 0. The average Bonchev–Trinajstić information content (AvgIpc) is 3.23. The van der Waals surface area contributed by atoms with Gasteiger partial charge in [-0.2, -0.15) is 13.2 Å². The van der Waals surface area contributed by atoms with Gasteiger partial charge in [-0.25, -0.2) is 0 Å². The van der Waals surface area contributed by atoms with Crippen LogP contribution in [0.3, 0.4) is 0 Å². The summed E-state index contributed by atoms with van der Waals surface area (Å²) in [5.41, 5.74) is -0.644. The summed E-state index contributed by atoms with van der Waals surface area (Å²) in [6, 6.07) is 13.1. The van der Waals surface area contributed by atoms with E-state index in [0.717, 1.165) is 17.7 Å². The summed E-state index contributed by atoms with van der Waals surface area (Å²) < 4.78 is 45.4. The molecule has 5 nitrogen and oxygen atoms in total. The largest absolute Gasteiger partial charge is 0.459 e. The molecule has 1 aromatic heterocycles. The number of anilines is 2. The summed E-state index contributed by atoms with van der Waals surface area (Å²) in [6.07, 6.45) is -3.46.